The third-order valence-electron chi connectivity index (χ3n) is 15.8. The van der Waals surface area contributed by atoms with Gasteiger partial charge in [0.05, 0.1) is 25.4 Å². The fourth-order valence-corrected chi connectivity index (χ4v) is 10.6. The lowest BCUT2D eigenvalue weighted by atomic mass is 10.0. The first kappa shape index (κ1) is 72.3. The Kier molecular flexibility index (Phi) is 62.4. The molecule has 0 spiro atoms. The number of unbranched alkanes of at least 4 members (excludes halogenated alkanes) is 48. The molecule has 0 aliphatic rings. The van der Waals surface area contributed by atoms with Gasteiger partial charge in [0.25, 0.3) is 0 Å². The molecule has 2 unspecified atom stereocenters. The number of amides is 1. The van der Waals surface area contributed by atoms with Gasteiger partial charge in [-0.05, 0) is 57.8 Å². The van der Waals surface area contributed by atoms with Crippen LogP contribution >= 0.6 is 0 Å². The van der Waals surface area contributed by atoms with Gasteiger partial charge in [-0.3, -0.25) is 9.59 Å². The molecule has 3 N–H and O–H groups in total. The highest BCUT2D eigenvalue weighted by atomic mass is 16.5. The van der Waals surface area contributed by atoms with Crippen molar-refractivity contribution in [1.29, 1.82) is 0 Å². The van der Waals surface area contributed by atoms with Crippen LogP contribution in [-0.4, -0.2) is 47.4 Å². The maximum atomic E-state index is 12.5. The Bertz CT molecular complexity index is 1150. The summed E-state index contributed by atoms with van der Waals surface area (Å²) in [5.41, 5.74) is 0. The Hall–Kier alpha value is -1.66. The van der Waals surface area contributed by atoms with Crippen LogP contribution in [0.3, 0.4) is 0 Å². The average Bonchev–Trinajstić information content (AvgIpc) is 3.40. The van der Waals surface area contributed by atoms with Crippen molar-refractivity contribution in [2.24, 2.45) is 0 Å². The van der Waals surface area contributed by atoms with Crippen molar-refractivity contribution < 1.29 is 24.5 Å². The molecule has 0 aliphatic carbocycles. The summed E-state index contributed by atoms with van der Waals surface area (Å²) in [6.45, 7) is 4.96. The monoisotopic (exact) mass is 1040 g/mol. The number of rotatable bonds is 63. The molecular formula is C68H131NO5. The van der Waals surface area contributed by atoms with E-state index in [1.807, 2.05) is 0 Å². The molecule has 0 heterocycles. The molecule has 0 bridgehead atoms. The van der Waals surface area contributed by atoms with Crippen LogP contribution in [-0.2, 0) is 14.3 Å². The fourth-order valence-electron chi connectivity index (χ4n) is 10.6. The van der Waals surface area contributed by atoms with Gasteiger partial charge in [-0.2, -0.15) is 0 Å². The predicted octanol–water partition coefficient (Wildman–Crippen LogP) is 21.4. The van der Waals surface area contributed by atoms with Crippen LogP contribution in [0, 0.1) is 0 Å². The van der Waals surface area contributed by atoms with E-state index in [0.717, 1.165) is 51.4 Å². The minimum absolute atomic E-state index is 0.00265. The minimum Gasteiger partial charge on any atom is -0.466 e. The summed E-state index contributed by atoms with van der Waals surface area (Å²) in [4.78, 5) is 24.6. The summed E-state index contributed by atoms with van der Waals surface area (Å²) < 4.78 is 5.49. The quantitative estimate of drug-likeness (QED) is 0.0320. The first-order valence-electron chi connectivity index (χ1n) is 33.6. The maximum Gasteiger partial charge on any atom is 0.305 e. The largest absolute Gasteiger partial charge is 0.466 e. The number of ether oxygens (including phenoxy) is 1. The molecule has 6 heteroatoms. The van der Waals surface area contributed by atoms with E-state index in [-0.39, 0.29) is 18.5 Å². The van der Waals surface area contributed by atoms with Gasteiger partial charge in [0.15, 0.2) is 0 Å². The zero-order valence-corrected chi connectivity index (χ0v) is 50.1. The number of carbonyl (C=O) groups is 2. The maximum absolute atomic E-state index is 12.5. The highest BCUT2D eigenvalue weighted by Crippen LogP contribution is 2.19. The molecule has 0 saturated carbocycles. The van der Waals surface area contributed by atoms with Gasteiger partial charge in [-0.25, -0.2) is 0 Å². The van der Waals surface area contributed by atoms with Crippen molar-refractivity contribution in [3.8, 4) is 0 Å². The van der Waals surface area contributed by atoms with Crippen LogP contribution in [0.1, 0.15) is 373 Å². The van der Waals surface area contributed by atoms with E-state index in [9.17, 15) is 19.8 Å². The molecule has 0 aromatic rings. The normalized spacial score (nSPS) is 12.6. The molecule has 1 amide bonds. The lowest BCUT2D eigenvalue weighted by molar-refractivity contribution is -0.143. The van der Waals surface area contributed by atoms with Crippen LogP contribution in [0.15, 0.2) is 24.3 Å². The number of aliphatic hydroxyl groups is 2. The SMILES string of the molecule is CCCCCC/C=C\C/C=C\CCCCCCCC(=O)OCCCCCCCCCCCCCCCCCCCCCCCCCCC(=O)NC(CO)C(O)CCCCCCCCCCCCCCCCCCC. The van der Waals surface area contributed by atoms with Gasteiger partial charge in [0.2, 0.25) is 5.91 Å². The molecular weight excluding hydrogens is 911 g/mol. The first-order valence-corrected chi connectivity index (χ1v) is 33.6. The second-order valence-corrected chi connectivity index (χ2v) is 23.2. The van der Waals surface area contributed by atoms with Crippen molar-refractivity contribution >= 4 is 11.9 Å². The number of hydrogen-bond donors (Lipinski definition) is 3. The van der Waals surface area contributed by atoms with Crippen LogP contribution in [0.2, 0.25) is 0 Å². The molecule has 0 aliphatic heterocycles. The number of aliphatic hydroxyl groups excluding tert-OH is 2. The number of esters is 1. The van der Waals surface area contributed by atoms with Crippen LogP contribution in [0.5, 0.6) is 0 Å². The summed E-state index contributed by atoms with van der Waals surface area (Å²) in [5, 5.41) is 23.4. The van der Waals surface area contributed by atoms with Crippen LogP contribution in [0.25, 0.3) is 0 Å². The molecule has 0 aromatic heterocycles. The Labute approximate surface area is 462 Å². The Balaban J connectivity index is 3.37. The predicted molar refractivity (Wildman–Crippen MR) is 324 cm³/mol. The van der Waals surface area contributed by atoms with Gasteiger partial charge in [-0.15, -0.1) is 0 Å². The van der Waals surface area contributed by atoms with Gasteiger partial charge >= 0.3 is 5.97 Å². The third kappa shape index (κ3) is 59.6. The summed E-state index contributed by atoms with van der Waals surface area (Å²) in [6.07, 6.45) is 79.2. The number of hydrogen-bond acceptors (Lipinski definition) is 5. The van der Waals surface area contributed by atoms with Crippen molar-refractivity contribution in [2.45, 2.75) is 386 Å². The van der Waals surface area contributed by atoms with E-state index in [0.29, 0.717) is 25.9 Å². The molecule has 0 fully saturated rings. The Morgan fingerprint density at radius 2 is 0.676 bits per heavy atom. The smallest absolute Gasteiger partial charge is 0.305 e. The summed E-state index contributed by atoms with van der Waals surface area (Å²) in [5.74, 6) is -0.0281. The van der Waals surface area contributed by atoms with Crippen molar-refractivity contribution in [2.75, 3.05) is 13.2 Å². The van der Waals surface area contributed by atoms with Crippen molar-refractivity contribution in [3.63, 3.8) is 0 Å². The molecule has 2 atom stereocenters. The van der Waals surface area contributed by atoms with E-state index in [1.54, 1.807) is 0 Å². The second-order valence-electron chi connectivity index (χ2n) is 23.2. The topological polar surface area (TPSA) is 95.9 Å². The van der Waals surface area contributed by atoms with Gasteiger partial charge in [0.1, 0.15) is 0 Å². The lowest BCUT2D eigenvalue weighted by Gasteiger charge is -2.22. The molecule has 6 nitrogen and oxygen atoms in total. The van der Waals surface area contributed by atoms with Crippen LogP contribution in [0.4, 0.5) is 0 Å². The zero-order valence-electron chi connectivity index (χ0n) is 50.1. The van der Waals surface area contributed by atoms with Gasteiger partial charge in [0, 0.05) is 12.8 Å². The zero-order chi connectivity index (χ0) is 53.6. The summed E-state index contributed by atoms with van der Waals surface area (Å²) >= 11 is 0. The van der Waals surface area contributed by atoms with E-state index in [2.05, 4.69) is 43.5 Å². The van der Waals surface area contributed by atoms with E-state index >= 15 is 0 Å². The molecule has 438 valence electrons. The molecule has 0 rings (SSSR count). The Morgan fingerprint density at radius 1 is 0.378 bits per heavy atom. The lowest BCUT2D eigenvalue weighted by Crippen LogP contribution is -2.45. The Morgan fingerprint density at radius 3 is 1.04 bits per heavy atom. The number of carbonyl (C=O) groups excluding carboxylic acids is 2. The van der Waals surface area contributed by atoms with E-state index < -0.39 is 12.1 Å². The molecule has 74 heavy (non-hydrogen) atoms. The number of nitrogens with one attached hydrogen (secondary N) is 1. The standard InChI is InChI=1S/C68H131NO5/c1-3-5-7-9-11-13-15-17-19-29-32-36-40-44-48-52-56-60-66(71)65(64-70)69-67(72)61-57-53-49-45-41-37-33-30-27-25-23-21-22-24-26-28-31-35-39-43-47-51-55-59-63-74-68(73)62-58-54-50-46-42-38-34-20-18-16-14-12-10-8-6-4-2/h14,16,20,34,65-66,70-71H,3-13,15,17-19,21-33,35-64H2,1-2H3,(H,69,72)/b16-14-,34-20-. The summed E-state index contributed by atoms with van der Waals surface area (Å²) in [6, 6.07) is -0.541. The molecule has 0 radical (unpaired) electrons. The van der Waals surface area contributed by atoms with Crippen molar-refractivity contribution in [1.82, 2.24) is 5.32 Å². The van der Waals surface area contributed by atoms with E-state index in [4.69, 9.17) is 4.74 Å². The fraction of sp³-hybridized carbons (Fsp3) is 0.912. The van der Waals surface area contributed by atoms with Crippen molar-refractivity contribution in [3.05, 3.63) is 24.3 Å². The highest BCUT2D eigenvalue weighted by molar-refractivity contribution is 5.76. The summed E-state index contributed by atoms with van der Waals surface area (Å²) in [7, 11) is 0. The first-order chi connectivity index (χ1) is 36.5. The highest BCUT2D eigenvalue weighted by Gasteiger charge is 2.20. The van der Waals surface area contributed by atoms with Crippen LogP contribution < -0.4 is 5.32 Å². The average molecular weight is 1040 g/mol. The van der Waals surface area contributed by atoms with Gasteiger partial charge < -0.3 is 20.3 Å². The van der Waals surface area contributed by atoms with Gasteiger partial charge in [-0.1, -0.05) is 327 Å². The van der Waals surface area contributed by atoms with E-state index in [1.165, 1.54) is 289 Å². The second kappa shape index (κ2) is 63.9. The third-order valence-corrected chi connectivity index (χ3v) is 15.8. The minimum atomic E-state index is -0.664. The molecule has 0 saturated heterocycles. The number of allylic oxidation sites excluding steroid dienone is 4. The molecule has 0 aromatic carbocycles.